The molecule has 2 rings (SSSR count). The van der Waals surface area contributed by atoms with Crippen LogP contribution in [0.15, 0.2) is 21.3 Å². The fraction of sp³-hybridized carbons (Fsp3) is 0.250. The number of ether oxygens (including phenoxy) is 1. The van der Waals surface area contributed by atoms with Crippen molar-refractivity contribution in [1.29, 1.82) is 0 Å². The summed E-state index contributed by atoms with van der Waals surface area (Å²) in [4.78, 5) is 11.6. The van der Waals surface area contributed by atoms with Crippen molar-refractivity contribution < 1.29 is 14.3 Å². The van der Waals surface area contributed by atoms with Gasteiger partial charge in [0.2, 0.25) is 0 Å². The lowest BCUT2D eigenvalue weighted by atomic mass is 10.1. The Balaban J connectivity index is 3.02. The summed E-state index contributed by atoms with van der Waals surface area (Å²) < 4.78 is 10.1. The van der Waals surface area contributed by atoms with Gasteiger partial charge in [0.1, 0.15) is 22.6 Å². The van der Waals surface area contributed by atoms with E-state index in [1.54, 1.807) is 13.0 Å². The number of hydrogen-bond donors (Lipinski definition) is 1. The fourth-order valence-electron chi connectivity index (χ4n) is 1.80. The van der Waals surface area contributed by atoms with Crippen LogP contribution >= 0.6 is 0 Å². The van der Waals surface area contributed by atoms with Gasteiger partial charge in [-0.1, -0.05) is 0 Å². The van der Waals surface area contributed by atoms with E-state index < -0.39 is 5.63 Å². The Morgan fingerprint density at radius 2 is 2.00 bits per heavy atom. The van der Waals surface area contributed by atoms with Gasteiger partial charge in [0.05, 0.1) is 7.11 Å². The molecular formula is C12H12O4. The van der Waals surface area contributed by atoms with E-state index in [9.17, 15) is 9.90 Å². The van der Waals surface area contributed by atoms with Gasteiger partial charge in [-0.15, -0.1) is 0 Å². The number of phenols is 1. The first-order valence-corrected chi connectivity index (χ1v) is 4.85. The third-order valence-corrected chi connectivity index (χ3v) is 2.59. The van der Waals surface area contributed by atoms with Gasteiger partial charge < -0.3 is 14.3 Å². The standard InChI is InChI=1S/C12H12O4/c1-6-4-8-7(2)10(15-3)5-9(13)11(8)12(14)16-6/h4-5,13H,1-3H3. The second-order valence-electron chi connectivity index (χ2n) is 3.66. The van der Waals surface area contributed by atoms with Crippen molar-refractivity contribution in [3.05, 3.63) is 33.9 Å². The normalized spacial score (nSPS) is 10.7. The molecule has 1 N–H and O–H groups in total. The van der Waals surface area contributed by atoms with Gasteiger partial charge >= 0.3 is 5.63 Å². The van der Waals surface area contributed by atoms with E-state index in [1.165, 1.54) is 13.2 Å². The van der Waals surface area contributed by atoms with Crippen molar-refractivity contribution in [2.24, 2.45) is 0 Å². The van der Waals surface area contributed by atoms with Crippen molar-refractivity contribution in [1.82, 2.24) is 0 Å². The third-order valence-electron chi connectivity index (χ3n) is 2.59. The van der Waals surface area contributed by atoms with Gasteiger partial charge in [-0.3, -0.25) is 0 Å². The molecule has 16 heavy (non-hydrogen) atoms. The van der Waals surface area contributed by atoms with Crippen LogP contribution in [0.25, 0.3) is 10.8 Å². The van der Waals surface area contributed by atoms with Crippen molar-refractivity contribution in [3.63, 3.8) is 0 Å². The summed E-state index contributed by atoms with van der Waals surface area (Å²) in [7, 11) is 1.52. The molecule has 1 aromatic carbocycles. The van der Waals surface area contributed by atoms with E-state index in [4.69, 9.17) is 9.15 Å². The summed E-state index contributed by atoms with van der Waals surface area (Å²) in [5, 5.41) is 10.6. The smallest absolute Gasteiger partial charge is 0.347 e. The van der Waals surface area contributed by atoms with E-state index in [2.05, 4.69) is 0 Å². The number of fused-ring (bicyclic) bond motifs is 1. The predicted molar refractivity (Wildman–Crippen MR) is 60.2 cm³/mol. The molecule has 0 fully saturated rings. The number of aromatic hydroxyl groups is 1. The summed E-state index contributed by atoms with van der Waals surface area (Å²) in [6.45, 7) is 3.52. The van der Waals surface area contributed by atoms with E-state index in [0.717, 1.165) is 5.56 Å². The second-order valence-corrected chi connectivity index (χ2v) is 3.66. The highest BCUT2D eigenvalue weighted by Gasteiger charge is 2.13. The molecule has 0 atom stereocenters. The molecule has 1 aromatic heterocycles. The molecule has 4 nitrogen and oxygen atoms in total. The van der Waals surface area contributed by atoms with Gasteiger partial charge in [0.15, 0.2) is 0 Å². The first-order valence-electron chi connectivity index (χ1n) is 4.85. The van der Waals surface area contributed by atoms with Crippen LogP contribution in [0.3, 0.4) is 0 Å². The maximum Gasteiger partial charge on any atom is 0.347 e. The van der Waals surface area contributed by atoms with Gasteiger partial charge in [-0.25, -0.2) is 4.79 Å². The van der Waals surface area contributed by atoms with Crippen LogP contribution in [0, 0.1) is 13.8 Å². The van der Waals surface area contributed by atoms with Crippen LogP contribution < -0.4 is 10.4 Å². The van der Waals surface area contributed by atoms with Crippen molar-refractivity contribution in [2.45, 2.75) is 13.8 Å². The summed E-state index contributed by atoms with van der Waals surface area (Å²) in [6, 6.07) is 3.14. The van der Waals surface area contributed by atoms with Crippen molar-refractivity contribution in [2.75, 3.05) is 7.11 Å². The molecule has 0 radical (unpaired) electrons. The minimum absolute atomic E-state index is 0.119. The lowest BCUT2D eigenvalue weighted by Crippen LogP contribution is -2.02. The molecule has 0 aliphatic carbocycles. The zero-order valence-electron chi connectivity index (χ0n) is 9.33. The first kappa shape index (κ1) is 10.5. The molecule has 0 saturated carbocycles. The number of aryl methyl sites for hydroxylation is 2. The maximum absolute atomic E-state index is 11.6. The highest BCUT2D eigenvalue weighted by molar-refractivity contribution is 5.91. The van der Waals surface area contributed by atoms with Crippen molar-refractivity contribution >= 4 is 10.8 Å². The number of rotatable bonds is 1. The van der Waals surface area contributed by atoms with Gasteiger partial charge in [-0.05, 0) is 25.5 Å². The SMILES string of the molecule is COc1cc(O)c2c(=O)oc(C)cc2c1C. The first-order chi connectivity index (χ1) is 7.54. The Kier molecular flexibility index (Phi) is 2.34. The molecule has 0 aliphatic rings. The molecule has 84 valence electrons. The number of methoxy groups -OCH3 is 1. The lowest BCUT2D eigenvalue weighted by Gasteiger charge is -2.09. The largest absolute Gasteiger partial charge is 0.507 e. The Labute approximate surface area is 92.1 Å². The van der Waals surface area contributed by atoms with Crippen molar-refractivity contribution in [3.8, 4) is 11.5 Å². The van der Waals surface area contributed by atoms with Gasteiger partial charge in [-0.2, -0.15) is 0 Å². The van der Waals surface area contributed by atoms with E-state index >= 15 is 0 Å². The van der Waals surface area contributed by atoms with Crippen LogP contribution in [0.2, 0.25) is 0 Å². The summed E-state index contributed by atoms with van der Waals surface area (Å²) in [5.74, 6) is 0.939. The van der Waals surface area contributed by atoms with E-state index in [-0.39, 0.29) is 11.1 Å². The minimum Gasteiger partial charge on any atom is -0.507 e. The monoisotopic (exact) mass is 220 g/mol. The zero-order chi connectivity index (χ0) is 11.9. The fourth-order valence-corrected chi connectivity index (χ4v) is 1.80. The molecule has 0 aliphatic heterocycles. The molecule has 2 aromatic rings. The average Bonchev–Trinajstić information content (AvgIpc) is 2.22. The van der Waals surface area contributed by atoms with Gasteiger partial charge in [0.25, 0.3) is 0 Å². The van der Waals surface area contributed by atoms with Crippen LogP contribution in [-0.2, 0) is 0 Å². The number of benzene rings is 1. The molecule has 0 unspecified atom stereocenters. The molecule has 1 heterocycles. The number of phenolic OH excluding ortho intramolecular Hbond substituents is 1. The van der Waals surface area contributed by atoms with Gasteiger partial charge in [0, 0.05) is 11.5 Å². The van der Waals surface area contributed by atoms with Crippen LogP contribution in [0.5, 0.6) is 11.5 Å². The quantitative estimate of drug-likeness (QED) is 0.799. The number of hydrogen-bond acceptors (Lipinski definition) is 4. The van der Waals surface area contributed by atoms with E-state index in [1.807, 2.05) is 6.92 Å². The highest BCUT2D eigenvalue weighted by atomic mass is 16.5. The molecule has 4 heteroatoms. The molecule has 0 amide bonds. The molecule has 0 saturated heterocycles. The zero-order valence-corrected chi connectivity index (χ0v) is 9.33. The van der Waals surface area contributed by atoms with Crippen LogP contribution in [0.1, 0.15) is 11.3 Å². The van der Waals surface area contributed by atoms with Crippen LogP contribution in [0.4, 0.5) is 0 Å². The molecular weight excluding hydrogens is 208 g/mol. The third kappa shape index (κ3) is 1.43. The summed E-state index contributed by atoms with van der Waals surface area (Å²) in [5.41, 5.74) is 0.282. The Hall–Kier alpha value is -1.97. The van der Waals surface area contributed by atoms with Crippen LogP contribution in [-0.4, -0.2) is 12.2 Å². The summed E-state index contributed by atoms with van der Waals surface area (Å²) in [6.07, 6.45) is 0. The van der Waals surface area contributed by atoms with E-state index in [0.29, 0.717) is 16.9 Å². The maximum atomic E-state index is 11.6. The molecule has 0 spiro atoms. The predicted octanol–water partition coefficient (Wildman–Crippen LogP) is 2.12. The minimum atomic E-state index is -0.529. The Bertz CT molecular complexity index is 610. The highest BCUT2D eigenvalue weighted by Crippen LogP contribution is 2.32. The summed E-state index contributed by atoms with van der Waals surface area (Å²) >= 11 is 0. The lowest BCUT2D eigenvalue weighted by molar-refractivity contribution is 0.405. The Morgan fingerprint density at radius 3 is 2.62 bits per heavy atom. The second kappa shape index (κ2) is 3.56. The molecule has 0 bridgehead atoms. The topological polar surface area (TPSA) is 59.7 Å². The Morgan fingerprint density at radius 1 is 1.31 bits per heavy atom. The average molecular weight is 220 g/mol.